The Labute approximate surface area is 170 Å². The predicted molar refractivity (Wildman–Crippen MR) is 110 cm³/mol. The molecule has 5 rings (SSSR count). The lowest BCUT2D eigenvalue weighted by molar-refractivity contribution is 0.0782. The predicted octanol–water partition coefficient (Wildman–Crippen LogP) is 3.49. The molecule has 6 nitrogen and oxygen atoms in total. The van der Waals surface area contributed by atoms with Gasteiger partial charge < -0.3 is 14.2 Å². The van der Waals surface area contributed by atoms with Crippen LogP contribution < -0.4 is 4.90 Å². The number of anilines is 1. The maximum atomic E-state index is 13.1. The van der Waals surface area contributed by atoms with Crippen LogP contribution >= 0.6 is 0 Å². The molecule has 29 heavy (non-hydrogen) atoms. The molecule has 0 radical (unpaired) electrons. The number of rotatable bonds is 3. The van der Waals surface area contributed by atoms with Crippen LogP contribution in [0.5, 0.6) is 0 Å². The maximum Gasteiger partial charge on any atom is 0.257 e. The lowest BCUT2D eigenvalue weighted by Crippen LogP contribution is -2.38. The highest BCUT2D eigenvalue weighted by atomic mass is 16.3. The van der Waals surface area contributed by atoms with Crippen LogP contribution in [-0.4, -0.2) is 40.4 Å². The molecule has 0 N–H and O–H groups in total. The van der Waals surface area contributed by atoms with Gasteiger partial charge in [0.15, 0.2) is 0 Å². The second-order valence-corrected chi connectivity index (χ2v) is 8.17. The summed E-state index contributed by atoms with van der Waals surface area (Å²) in [5.41, 5.74) is 4.00. The van der Waals surface area contributed by atoms with Crippen LogP contribution in [-0.2, 0) is 12.0 Å². The summed E-state index contributed by atoms with van der Waals surface area (Å²) in [4.78, 5) is 26.5. The van der Waals surface area contributed by atoms with Crippen molar-refractivity contribution < 1.29 is 9.21 Å². The highest BCUT2D eigenvalue weighted by Gasteiger charge is 2.49. The number of hydrogen-bond donors (Lipinski definition) is 0. The molecule has 1 unspecified atom stereocenters. The van der Waals surface area contributed by atoms with Crippen LogP contribution in [0.25, 0.3) is 0 Å². The van der Waals surface area contributed by atoms with Gasteiger partial charge in [0.05, 0.1) is 22.4 Å². The van der Waals surface area contributed by atoms with Crippen molar-refractivity contribution in [1.29, 1.82) is 0 Å². The number of fused-ring (bicyclic) bond motifs is 2. The van der Waals surface area contributed by atoms with E-state index in [0.717, 1.165) is 37.5 Å². The monoisotopic (exact) mass is 388 g/mol. The molecule has 1 atom stereocenters. The van der Waals surface area contributed by atoms with Gasteiger partial charge in [-0.15, -0.1) is 0 Å². The van der Waals surface area contributed by atoms with E-state index in [4.69, 9.17) is 9.40 Å². The quantitative estimate of drug-likeness (QED) is 0.687. The van der Waals surface area contributed by atoms with Crippen LogP contribution in [0.1, 0.15) is 39.6 Å². The Balaban J connectivity index is 1.42. The van der Waals surface area contributed by atoms with E-state index >= 15 is 0 Å². The third-order valence-electron chi connectivity index (χ3n) is 6.13. The normalized spacial score (nSPS) is 20.5. The summed E-state index contributed by atoms with van der Waals surface area (Å²) in [6, 6.07) is 10.0. The molecular weight excluding hydrogens is 364 g/mol. The van der Waals surface area contributed by atoms with Gasteiger partial charge in [0.2, 0.25) is 0 Å². The van der Waals surface area contributed by atoms with Crippen molar-refractivity contribution in [1.82, 2.24) is 14.9 Å². The zero-order valence-electron chi connectivity index (χ0n) is 16.8. The first kappa shape index (κ1) is 17.9. The first-order valence-electron chi connectivity index (χ1n) is 10.0. The Hall–Kier alpha value is -3.15. The Bertz CT molecular complexity index is 1060. The van der Waals surface area contributed by atoms with E-state index in [-0.39, 0.29) is 11.3 Å². The number of pyridine rings is 2. The largest absolute Gasteiger partial charge is 0.466 e. The molecule has 2 aliphatic rings. The van der Waals surface area contributed by atoms with E-state index in [1.165, 1.54) is 11.3 Å². The molecule has 148 valence electrons. The fourth-order valence-electron chi connectivity index (χ4n) is 4.82. The minimum atomic E-state index is -0.124. The maximum absolute atomic E-state index is 13.1. The summed E-state index contributed by atoms with van der Waals surface area (Å²) in [6.07, 6.45) is 6.49. The summed E-state index contributed by atoms with van der Waals surface area (Å²) in [5, 5.41) is 0. The topological polar surface area (TPSA) is 62.5 Å². The molecule has 6 heteroatoms. The van der Waals surface area contributed by atoms with Crippen molar-refractivity contribution in [3.8, 4) is 0 Å². The molecule has 3 aromatic rings. The number of furan rings is 1. The van der Waals surface area contributed by atoms with E-state index < -0.39 is 0 Å². The summed E-state index contributed by atoms with van der Waals surface area (Å²) in [6.45, 7) is 6.81. The van der Waals surface area contributed by atoms with Gasteiger partial charge in [-0.1, -0.05) is 6.07 Å². The molecule has 2 aliphatic heterocycles. The molecule has 1 saturated heterocycles. The van der Waals surface area contributed by atoms with Gasteiger partial charge in [0.1, 0.15) is 11.5 Å². The molecule has 1 amide bonds. The minimum Gasteiger partial charge on any atom is -0.466 e. The third-order valence-corrected chi connectivity index (χ3v) is 6.13. The fourth-order valence-corrected chi connectivity index (χ4v) is 4.82. The lowest BCUT2D eigenvalue weighted by Gasteiger charge is -2.25. The van der Waals surface area contributed by atoms with E-state index in [9.17, 15) is 4.79 Å². The number of likely N-dealkylation sites (tertiary alicyclic amines) is 1. The fraction of sp³-hybridized carbons (Fsp3) is 0.348. The van der Waals surface area contributed by atoms with Gasteiger partial charge in [-0.2, -0.15) is 0 Å². The minimum absolute atomic E-state index is 0.0550. The zero-order chi connectivity index (χ0) is 20.0. The number of aryl methyl sites for hydroxylation is 2. The molecule has 0 bridgehead atoms. The molecule has 1 fully saturated rings. The lowest BCUT2D eigenvalue weighted by atomic mass is 9.85. The summed E-state index contributed by atoms with van der Waals surface area (Å²) >= 11 is 0. The number of carbonyl (C=O) groups excluding carboxylic acids is 1. The average Bonchev–Trinajstić information content (AvgIpc) is 3.39. The molecule has 0 saturated carbocycles. The summed E-state index contributed by atoms with van der Waals surface area (Å²) in [7, 11) is 0. The van der Waals surface area contributed by atoms with E-state index in [1.54, 1.807) is 6.20 Å². The van der Waals surface area contributed by atoms with Gasteiger partial charge in [-0.25, -0.2) is 0 Å². The SMILES string of the molecule is Cc1cc(C(=O)N2CCC3(C2)CN(Cc2cccnc2)c2cccnc23)c(C)o1. The van der Waals surface area contributed by atoms with E-state index in [1.807, 2.05) is 49.3 Å². The molecule has 0 aliphatic carbocycles. The van der Waals surface area contributed by atoms with Crippen molar-refractivity contribution in [2.24, 2.45) is 0 Å². The number of amides is 1. The van der Waals surface area contributed by atoms with E-state index in [2.05, 4.69) is 22.0 Å². The van der Waals surface area contributed by atoms with Crippen molar-refractivity contribution in [3.63, 3.8) is 0 Å². The standard InChI is InChI=1S/C23H24N4O2/c1-16-11-19(17(2)29-16)22(28)26-10-7-23(14-26)15-27(13-18-5-3-8-24-12-18)20-6-4-9-25-21(20)23/h3-6,8-9,11-12H,7,10,13-15H2,1-2H3. The van der Waals surface area contributed by atoms with Crippen molar-refractivity contribution >= 4 is 11.6 Å². The van der Waals surface area contributed by atoms with Crippen molar-refractivity contribution in [2.45, 2.75) is 32.2 Å². The second kappa shape index (κ2) is 6.72. The second-order valence-electron chi connectivity index (χ2n) is 8.17. The van der Waals surface area contributed by atoms with Crippen LogP contribution in [0.2, 0.25) is 0 Å². The molecule has 1 spiro atoms. The van der Waals surface area contributed by atoms with Crippen LogP contribution in [0.3, 0.4) is 0 Å². The van der Waals surface area contributed by atoms with Gasteiger partial charge in [0.25, 0.3) is 5.91 Å². The van der Waals surface area contributed by atoms with Gasteiger partial charge in [-0.3, -0.25) is 14.8 Å². The summed E-state index contributed by atoms with van der Waals surface area (Å²) < 4.78 is 5.58. The molecule has 5 heterocycles. The molecular formula is C23H24N4O2. The van der Waals surface area contributed by atoms with Crippen LogP contribution in [0.4, 0.5) is 5.69 Å². The Morgan fingerprint density at radius 1 is 1.21 bits per heavy atom. The van der Waals surface area contributed by atoms with Gasteiger partial charge in [0, 0.05) is 44.8 Å². The van der Waals surface area contributed by atoms with Crippen molar-refractivity contribution in [2.75, 3.05) is 24.5 Å². The van der Waals surface area contributed by atoms with Crippen LogP contribution in [0, 0.1) is 13.8 Å². The summed E-state index contributed by atoms with van der Waals surface area (Å²) in [5.74, 6) is 1.52. The number of aromatic nitrogens is 2. The highest BCUT2D eigenvalue weighted by molar-refractivity contribution is 5.95. The average molecular weight is 388 g/mol. The first-order valence-corrected chi connectivity index (χ1v) is 10.0. The van der Waals surface area contributed by atoms with Gasteiger partial charge in [-0.05, 0) is 50.1 Å². The van der Waals surface area contributed by atoms with Crippen molar-refractivity contribution in [3.05, 3.63) is 77.3 Å². The Kier molecular flexibility index (Phi) is 4.15. The third kappa shape index (κ3) is 2.99. The molecule has 3 aromatic heterocycles. The van der Waals surface area contributed by atoms with E-state index in [0.29, 0.717) is 17.9 Å². The first-order chi connectivity index (χ1) is 14.1. The Morgan fingerprint density at radius 3 is 2.83 bits per heavy atom. The smallest absolute Gasteiger partial charge is 0.257 e. The number of hydrogen-bond acceptors (Lipinski definition) is 5. The molecule has 0 aromatic carbocycles. The zero-order valence-corrected chi connectivity index (χ0v) is 16.8. The van der Waals surface area contributed by atoms with Gasteiger partial charge >= 0.3 is 0 Å². The van der Waals surface area contributed by atoms with Crippen LogP contribution in [0.15, 0.2) is 53.3 Å². The highest BCUT2D eigenvalue weighted by Crippen LogP contribution is 2.45. The number of carbonyl (C=O) groups is 1. The Morgan fingerprint density at radius 2 is 2.07 bits per heavy atom. The number of nitrogens with zero attached hydrogens (tertiary/aromatic N) is 4.